The Morgan fingerprint density at radius 3 is 2.94 bits per heavy atom. The Balaban J connectivity index is 2.24. The third-order valence-electron chi connectivity index (χ3n) is 2.96. The van der Waals surface area contributed by atoms with E-state index in [-0.39, 0.29) is 0 Å². The van der Waals surface area contributed by atoms with Gasteiger partial charge in [-0.05, 0) is 31.4 Å². The topological polar surface area (TPSA) is 77.2 Å². The van der Waals surface area contributed by atoms with Gasteiger partial charge in [0.1, 0.15) is 17.9 Å². The van der Waals surface area contributed by atoms with Gasteiger partial charge in [-0.2, -0.15) is 5.26 Å². The Morgan fingerprint density at radius 2 is 2.35 bits per heavy atom. The van der Waals surface area contributed by atoms with Gasteiger partial charge in [0.15, 0.2) is 0 Å². The van der Waals surface area contributed by atoms with Gasteiger partial charge in [0.05, 0.1) is 5.56 Å². The number of carboxylic acids is 1. The summed E-state index contributed by atoms with van der Waals surface area (Å²) in [5.41, 5.74) is 0.484. The molecule has 1 aromatic rings. The summed E-state index contributed by atoms with van der Waals surface area (Å²) in [4.78, 5) is 17.1. The van der Waals surface area contributed by atoms with Gasteiger partial charge in [0.2, 0.25) is 0 Å². The molecule has 5 nitrogen and oxygen atoms in total. The predicted octanol–water partition coefficient (Wildman–Crippen LogP) is 1.40. The highest BCUT2D eigenvalue weighted by atomic mass is 16.4. The van der Waals surface area contributed by atoms with Gasteiger partial charge in [-0.15, -0.1) is 0 Å². The van der Waals surface area contributed by atoms with E-state index < -0.39 is 12.0 Å². The first kappa shape index (κ1) is 11.4. The van der Waals surface area contributed by atoms with Crippen molar-refractivity contribution in [3.05, 3.63) is 23.9 Å². The first-order valence-corrected chi connectivity index (χ1v) is 5.58. The number of aromatic nitrogens is 1. The lowest BCUT2D eigenvalue weighted by molar-refractivity contribution is -0.139. The SMILES string of the molecule is N#Cc1ccc(N2CCCCC2C(=O)O)nc1. The van der Waals surface area contributed by atoms with Crippen molar-refractivity contribution in [2.75, 3.05) is 11.4 Å². The number of pyridine rings is 1. The van der Waals surface area contributed by atoms with E-state index in [0.29, 0.717) is 24.3 Å². The molecule has 0 spiro atoms. The average Bonchev–Trinajstić information content (AvgIpc) is 2.39. The fourth-order valence-electron chi connectivity index (χ4n) is 2.08. The molecule has 17 heavy (non-hydrogen) atoms. The summed E-state index contributed by atoms with van der Waals surface area (Å²) in [7, 11) is 0. The summed E-state index contributed by atoms with van der Waals surface area (Å²) >= 11 is 0. The molecule has 1 aromatic heterocycles. The summed E-state index contributed by atoms with van der Waals surface area (Å²) in [5.74, 6) is -0.174. The highest BCUT2D eigenvalue weighted by Gasteiger charge is 2.29. The third kappa shape index (κ3) is 2.36. The van der Waals surface area contributed by atoms with Crippen molar-refractivity contribution in [1.29, 1.82) is 5.26 Å². The molecule has 1 aliphatic rings. The van der Waals surface area contributed by atoms with Crippen LogP contribution >= 0.6 is 0 Å². The summed E-state index contributed by atoms with van der Waals surface area (Å²) < 4.78 is 0. The van der Waals surface area contributed by atoms with Gasteiger partial charge in [0, 0.05) is 12.7 Å². The van der Waals surface area contributed by atoms with Crippen molar-refractivity contribution in [2.24, 2.45) is 0 Å². The molecule has 5 heteroatoms. The number of aliphatic carboxylic acids is 1. The van der Waals surface area contributed by atoms with E-state index in [1.165, 1.54) is 6.20 Å². The van der Waals surface area contributed by atoms with E-state index in [4.69, 9.17) is 10.4 Å². The van der Waals surface area contributed by atoms with Crippen LogP contribution in [0, 0.1) is 11.3 Å². The van der Waals surface area contributed by atoms with Crippen LogP contribution in [0.5, 0.6) is 0 Å². The van der Waals surface area contributed by atoms with Crippen LogP contribution in [0.15, 0.2) is 18.3 Å². The maximum absolute atomic E-state index is 11.1. The molecular formula is C12H13N3O2. The molecule has 0 amide bonds. The molecule has 88 valence electrons. The largest absolute Gasteiger partial charge is 0.480 e. The number of piperidine rings is 1. The molecule has 1 unspecified atom stereocenters. The Hall–Kier alpha value is -2.09. The average molecular weight is 231 g/mol. The first-order chi connectivity index (χ1) is 8.22. The van der Waals surface area contributed by atoms with Gasteiger partial charge in [-0.1, -0.05) is 0 Å². The first-order valence-electron chi connectivity index (χ1n) is 5.58. The molecule has 1 fully saturated rings. The second-order valence-electron chi connectivity index (χ2n) is 4.06. The van der Waals surface area contributed by atoms with Crippen molar-refractivity contribution >= 4 is 11.8 Å². The second-order valence-corrected chi connectivity index (χ2v) is 4.06. The number of carbonyl (C=O) groups is 1. The molecule has 0 bridgehead atoms. The Bertz CT molecular complexity index is 450. The molecule has 0 saturated carbocycles. The molecule has 0 aliphatic carbocycles. The fourth-order valence-corrected chi connectivity index (χ4v) is 2.08. The van der Waals surface area contributed by atoms with Crippen molar-refractivity contribution in [1.82, 2.24) is 4.98 Å². The van der Waals surface area contributed by atoms with Crippen LogP contribution in [0.1, 0.15) is 24.8 Å². The quantitative estimate of drug-likeness (QED) is 0.832. The fraction of sp³-hybridized carbons (Fsp3) is 0.417. The highest BCUT2D eigenvalue weighted by molar-refractivity contribution is 5.78. The number of nitriles is 1. The van der Waals surface area contributed by atoms with Gasteiger partial charge < -0.3 is 10.0 Å². The molecule has 1 aliphatic heterocycles. The summed E-state index contributed by atoms with van der Waals surface area (Å²) in [6.45, 7) is 0.704. The summed E-state index contributed by atoms with van der Waals surface area (Å²) in [6.07, 6.45) is 4.04. The number of hydrogen-bond donors (Lipinski definition) is 1. The Labute approximate surface area is 99.3 Å². The monoisotopic (exact) mass is 231 g/mol. The van der Waals surface area contributed by atoms with E-state index in [1.807, 2.05) is 6.07 Å². The van der Waals surface area contributed by atoms with Gasteiger partial charge in [-0.25, -0.2) is 9.78 Å². The smallest absolute Gasteiger partial charge is 0.326 e. The van der Waals surface area contributed by atoms with Crippen molar-refractivity contribution in [2.45, 2.75) is 25.3 Å². The zero-order valence-corrected chi connectivity index (χ0v) is 9.33. The number of nitrogens with zero attached hydrogens (tertiary/aromatic N) is 3. The van der Waals surface area contributed by atoms with E-state index in [1.54, 1.807) is 17.0 Å². The minimum absolute atomic E-state index is 0.484. The summed E-state index contributed by atoms with van der Waals surface area (Å²) in [6, 6.07) is 4.87. The van der Waals surface area contributed by atoms with Crippen molar-refractivity contribution in [3.8, 4) is 6.07 Å². The van der Waals surface area contributed by atoms with Crippen LogP contribution in [-0.4, -0.2) is 28.6 Å². The van der Waals surface area contributed by atoms with Gasteiger partial charge in [0.25, 0.3) is 0 Å². The molecule has 0 radical (unpaired) electrons. The van der Waals surface area contributed by atoms with Crippen molar-refractivity contribution in [3.63, 3.8) is 0 Å². The van der Waals surface area contributed by atoms with Crippen LogP contribution < -0.4 is 4.90 Å². The second kappa shape index (κ2) is 4.83. The van der Waals surface area contributed by atoms with Gasteiger partial charge >= 0.3 is 5.97 Å². The van der Waals surface area contributed by atoms with Crippen LogP contribution in [0.3, 0.4) is 0 Å². The zero-order valence-electron chi connectivity index (χ0n) is 9.33. The van der Waals surface area contributed by atoms with E-state index in [2.05, 4.69) is 4.98 Å². The highest BCUT2D eigenvalue weighted by Crippen LogP contribution is 2.23. The third-order valence-corrected chi connectivity index (χ3v) is 2.96. The Kier molecular flexibility index (Phi) is 3.24. The Morgan fingerprint density at radius 1 is 1.53 bits per heavy atom. The van der Waals surface area contributed by atoms with Crippen molar-refractivity contribution < 1.29 is 9.90 Å². The predicted molar refractivity (Wildman–Crippen MR) is 61.6 cm³/mol. The van der Waals surface area contributed by atoms with Gasteiger partial charge in [-0.3, -0.25) is 0 Å². The van der Waals surface area contributed by atoms with Crippen LogP contribution in [-0.2, 0) is 4.79 Å². The maximum Gasteiger partial charge on any atom is 0.326 e. The molecule has 1 N–H and O–H groups in total. The minimum atomic E-state index is -0.809. The molecule has 1 atom stereocenters. The molecule has 0 aromatic carbocycles. The number of anilines is 1. The maximum atomic E-state index is 11.1. The zero-order chi connectivity index (χ0) is 12.3. The molecule has 1 saturated heterocycles. The molecule has 2 heterocycles. The number of rotatable bonds is 2. The lowest BCUT2D eigenvalue weighted by atomic mass is 10.0. The number of hydrogen-bond acceptors (Lipinski definition) is 4. The summed E-state index contributed by atoms with van der Waals surface area (Å²) in [5, 5.41) is 17.8. The van der Waals surface area contributed by atoms with E-state index >= 15 is 0 Å². The molecular weight excluding hydrogens is 218 g/mol. The van der Waals surface area contributed by atoms with Crippen LogP contribution in [0.4, 0.5) is 5.82 Å². The normalized spacial score (nSPS) is 19.7. The number of carboxylic acid groups (broad SMARTS) is 1. The van der Waals surface area contributed by atoms with Crippen LogP contribution in [0.25, 0.3) is 0 Å². The lowest BCUT2D eigenvalue weighted by Gasteiger charge is -2.33. The minimum Gasteiger partial charge on any atom is -0.480 e. The van der Waals surface area contributed by atoms with E-state index in [0.717, 1.165) is 12.8 Å². The van der Waals surface area contributed by atoms with Crippen LogP contribution in [0.2, 0.25) is 0 Å². The lowest BCUT2D eigenvalue weighted by Crippen LogP contribution is -2.45. The standard InChI is InChI=1S/C12H13N3O2/c13-7-9-4-5-11(14-8-9)15-6-2-1-3-10(15)12(16)17/h4-5,8,10H,1-3,6H2,(H,16,17). The molecule has 2 rings (SSSR count). The van der Waals surface area contributed by atoms with E-state index in [9.17, 15) is 4.79 Å².